The van der Waals surface area contributed by atoms with Crippen molar-refractivity contribution in [3.63, 3.8) is 0 Å². The summed E-state index contributed by atoms with van der Waals surface area (Å²) < 4.78 is 0.786. The lowest BCUT2D eigenvalue weighted by molar-refractivity contribution is 0.0924. The van der Waals surface area contributed by atoms with Crippen molar-refractivity contribution in [2.45, 2.75) is 12.8 Å². The average Bonchev–Trinajstić information content (AvgIpc) is 2.85. The summed E-state index contributed by atoms with van der Waals surface area (Å²) in [5.74, 6) is 0.268. The van der Waals surface area contributed by atoms with Crippen LogP contribution in [0.25, 0.3) is 0 Å². The van der Waals surface area contributed by atoms with E-state index in [0.717, 1.165) is 22.9 Å². The molecule has 3 rings (SSSR count). The smallest absolute Gasteiger partial charge is 0.166 e. The predicted molar refractivity (Wildman–Crippen MR) is 80.2 cm³/mol. The van der Waals surface area contributed by atoms with Crippen LogP contribution in [0, 0.1) is 5.92 Å². The van der Waals surface area contributed by atoms with E-state index in [0.29, 0.717) is 5.69 Å². The first-order valence-corrected chi connectivity index (χ1v) is 7.10. The first-order chi connectivity index (χ1) is 9.15. The van der Waals surface area contributed by atoms with Gasteiger partial charge in [0.05, 0.1) is 0 Å². The number of nitrogen functional groups attached to an aromatic ring is 1. The fourth-order valence-corrected chi connectivity index (χ4v) is 3.04. The van der Waals surface area contributed by atoms with Gasteiger partial charge in [-0.1, -0.05) is 24.3 Å². The number of ketones is 1. The summed E-state index contributed by atoms with van der Waals surface area (Å²) in [6.07, 6.45) is 1.69. The summed E-state index contributed by atoms with van der Waals surface area (Å²) in [5.41, 5.74) is 9.75. The van der Waals surface area contributed by atoms with Crippen LogP contribution in [0.4, 0.5) is 5.69 Å². The van der Waals surface area contributed by atoms with Gasteiger partial charge in [0.2, 0.25) is 0 Å². The van der Waals surface area contributed by atoms with E-state index in [-0.39, 0.29) is 11.7 Å². The Balaban J connectivity index is 1.85. The second-order valence-corrected chi connectivity index (χ2v) is 5.83. The van der Waals surface area contributed by atoms with E-state index in [9.17, 15) is 4.79 Å². The minimum absolute atomic E-state index is 0.0629. The zero-order chi connectivity index (χ0) is 13.4. The Morgan fingerprint density at radius 3 is 2.32 bits per heavy atom. The number of halogens is 1. The fraction of sp³-hybridized carbons (Fsp3) is 0.188. The first-order valence-electron chi connectivity index (χ1n) is 6.31. The lowest BCUT2D eigenvalue weighted by atomic mass is 9.95. The van der Waals surface area contributed by atoms with Crippen molar-refractivity contribution in [2.24, 2.45) is 5.92 Å². The molecule has 0 aromatic heterocycles. The number of hydrogen-bond acceptors (Lipinski definition) is 2. The Kier molecular flexibility index (Phi) is 3.15. The third kappa shape index (κ3) is 2.30. The van der Waals surface area contributed by atoms with E-state index in [2.05, 4.69) is 28.1 Å². The maximum atomic E-state index is 12.5. The molecule has 2 N–H and O–H groups in total. The zero-order valence-corrected chi connectivity index (χ0v) is 12.0. The molecule has 0 radical (unpaired) electrons. The molecule has 1 aliphatic rings. The van der Waals surface area contributed by atoms with Gasteiger partial charge in [-0.25, -0.2) is 0 Å². The maximum absolute atomic E-state index is 12.5. The molecule has 3 heteroatoms. The highest BCUT2D eigenvalue weighted by atomic mass is 79.9. The van der Waals surface area contributed by atoms with Crippen molar-refractivity contribution >= 4 is 27.4 Å². The predicted octanol–water partition coefficient (Wildman–Crippen LogP) is 3.63. The van der Waals surface area contributed by atoms with E-state index in [1.54, 1.807) is 6.07 Å². The van der Waals surface area contributed by atoms with Crippen molar-refractivity contribution in [3.05, 3.63) is 63.6 Å². The van der Waals surface area contributed by atoms with E-state index < -0.39 is 0 Å². The van der Waals surface area contributed by atoms with Crippen LogP contribution in [0.2, 0.25) is 0 Å². The van der Waals surface area contributed by atoms with Gasteiger partial charge in [-0.3, -0.25) is 4.79 Å². The number of hydrogen-bond donors (Lipinski definition) is 1. The van der Waals surface area contributed by atoms with Gasteiger partial charge in [0.25, 0.3) is 0 Å². The van der Waals surface area contributed by atoms with Gasteiger partial charge in [-0.2, -0.15) is 0 Å². The SMILES string of the molecule is Nc1ccc(C(=O)C2Cc3ccccc3C2)cc1Br. The van der Waals surface area contributed by atoms with Gasteiger partial charge in [-0.15, -0.1) is 0 Å². The number of fused-ring (bicyclic) bond motifs is 1. The van der Waals surface area contributed by atoms with E-state index in [4.69, 9.17) is 5.73 Å². The number of carbonyl (C=O) groups is 1. The van der Waals surface area contributed by atoms with Crippen molar-refractivity contribution < 1.29 is 4.79 Å². The van der Waals surface area contributed by atoms with Crippen LogP contribution in [0.1, 0.15) is 21.5 Å². The molecule has 0 atom stereocenters. The molecule has 0 amide bonds. The Morgan fingerprint density at radius 2 is 1.74 bits per heavy atom. The lowest BCUT2D eigenvalue weighted by Gasteiger charge is -2.09. The van der Waals surface area contributed by atoms with Crippen molar-refractivity contribution in [3.8, 4) is 0 Å². The largest absolute Gasteiger partial charge is 0.398 e. The van der Waals surface area contributed by atoms with Crippen LogP contribution in [0.3, 0.4) is 0 Å². The highest BCUT2D eigenvalue weighted by molar-refractivity contribution is 9.10. The third-order valence-corrected chi connectivity index (χ3v) is 4.39. The molecule has 96 valence electrons. The molecule has 0 fully saturated rings. The van der Waals surface area contributed by atoms with Crippen LogP contribution in [-0.2, 0) is 12.8 Å². The van der Waals surface area contributed by atoms with Crippen LogP contribution in [-0.4, -0.2) is 5.78 Å². The number of rotatable bonds is 2. The Labute approximate surface area is 120 Å². The molecule has 0 saturated heterocycles. The highest BCUT2D eigenvalue weighted by Crippen LogP contribution is 2.30. The fourth-order valence-electron chi connectivity index (χ4n) is 2.66. The second kappa shape index (κ2) is 4.82. The molecule has 0 spiro atoms. The quantitative estimate of drug-likeness (QED) is 0.679. The molecule has 0 unspecified atom stereocenters. The number of benzene rings is 2. The summed E-state index contributed by atoms with van der Waals surface area (Å²) in [7, 11) is 0. The normalized spacial score (nSPS) is 14.4. The molecule has 2 aromatic carbocycles. The lowest BCUT2D eigenvalue weighted by Crippen LogP contribution is -2.15. The zero-order valence-electron chi connectivity index (χ0n) is 10.4. The summed E-state index contributed by atoms with van der Waals surface area (Å²) in [6.45, 7) is 0. The van der Waals surface area contributed by atoms with Crippen molar-refractivity contribution in [2.75, 3.05) is 5.73 Å². The monoisotopic (exact) mass is 315 g/mol. The maximum Gasteiger partial charge on any atom is 0.166 e. The molecule has 0 heterocycles. The second-order valence-electron chi connectivity index (χ2n) is 4.97. The minimum Gasteiger partial charge on any atom is -0.398 e. The van der Waals surface area contributed by atoms with Gasteiger partial charge in [0.1, 0.15) is 0 Å². The van der Waals surface area contributed by atoms with Gasteiger partial charge in [0.15, 0.2) is 5.78 Å². The molecule has 0 aliphatic heterocycles. The Morgan fingerprint density at radius 1 is 1.11 bits per heavy atom. The summed E-state index contributed by atoms with van der Waals surface area (Å²) in [6, 6.07) is 13.7. The van der Waals surface area contributed by atoms with Gasteiger partial charge in [-0.05, 0) is 58.1 Å². The Bertz CT molecular complexity index is 626. The molecular weight excluding hydrogens is 302 g/mol. The molecular formula is C16H14BrNO. The summed E-state index contributed by atoms with van der Waals surface area (Å²) >= 11 is 3.37. The average molecular weight is 316 g/mol. The van der Waals surface area contributed by atoms with Crippen LogP contribution in [0.5, 0.6) is 0 Å². The minimum atomic E-state index is 0.0629. The van der Waals surface area contributed by atoms with Crippen LogP contribution in [0.15, 0.2) is 46.9 Å². The Hall–Kier alpha value is -1.61. The highest BCUT2D eigenvalue weighted by Gasteiger charge is 2.27. The topological polar surface area (TPSA) is 43.1 Å². The molecule has 0 saturated carbocycles. The number of anilines is 1. The van der Waals surface area contributed by atoms with Crippen molar-refractivity contribution in [1.82, 2.24) is 0 Å². The number of nitrogens with two attached hydrogens (primary N) is 1. The van der Waals surface area contributed by atoms with Crippen LogP contribution >= 0.6 is 15.9 Å². The summed E-state index contributed by atoms with van der Waals surface area (Å²) in [5, 5.41) is 0. The molecule has 19 heavy (non-hydrogen) atoms. The first kappa shape index (κ1) is 12.4. The molecule has 2 nitrogen and oxygen atoms in total. The third-order valence-electron chi connectivity index (χ3n) is 3.71. The summed E-state index contributed by atoms with van der Waals surface area (Å²) in [4.78, 5) is 12.5. The molecule has 2 aromatic rings. The molecule has 1 aliphatic carbocycles. The van der Waals surface area contributed by atoms with Gasteiger partial charge >= 0.3 is 0 Å². The number of carbonyl (C=O) groups excluding carboxylic acids is 1. The van der Waals surface area contributed by atoms with Gasteiger partial charge < -0.3 is 5.73 Å². The van der Waals surface area contributed by atoms with Gasteiger partial charge in [0, 0.05) is 21.6 Å². The standard InChI is InChI=1S/C16H14BrNO/c17-14-9-12(5-6-15(14)18)16(19)13-7-10-3-1-2-4-11(10)8-13/h1-6,9,13H,7-8,18H2. The van der Waals surface area contributed by atoms with Crippen molar-refractivity contribution in [1.29, 1.82) is 0 Å². The van der Waals surface area contributed by atoms with E-state index in [1.165, 1.54) is 11.1 Å². The molecule has 0 bridgehead atoms. The van der Waals surface area contributed by atoms with E-state index in [1.807, 2.05) is 24.3 Å². The van der Waals surface area contributed by atoms with E-state index >= 15 is 0 Å². The van der Waals surface area contributed by atoms with Crippen LogP contribution < -0.4 is 5.73 Å². The number of Topliss-reactive ketones (excluding diaryl/α,β-unsaturated/α-hetero) is 1.